The number of carbonyl (C=O) groups is 3. The van der Waals surface area contributed by atoms with Gasteiger partial charge in [0.2, 0.25) is 12.7 Å². The molecule has 2 atom stereocenters. The molecule has 2 aliphatic heterocycles. The fraction of sp³-hybridized carbons (Fsp3) is 0.478. The summed E-state index contributed by atoms with van der Waals surface area (Å²) in [6.45, 7) is 3.23. The van der Waals surface area contributed by atoms with Gasteiger partial charge in [0.05, 0.1) is 11.8 Å². The number of nitrogens with two attached hydrogens (primary N) is 2. The summed E-state index contributed by atoms with van der Waals surface area (Å²) in [4.78, 5) is 40.2. The van der Waals surface area contributed by atoms with E-state index in [1.165, 1.54) is 4.90 Å². The van der Waals surface area contributed by atoms with Crippen LogP contribution in [0.15, 0.2) is 18.2 Å². The first-order valence-electron chi connectivity index (χ1n) is 11.5. The van der Waals surface area contributed by atoms with Gasteiger partial charge < -0.3 is 35.9 Å². The maximum Gasteiger partial charge on any atom is 0.270 e. The van der Waals surface area contributed by atoms with E-state index in [0.717, 1.165) is 29.9 Å². The quantitative estimate of drug-likeness (QED) is 0.441. The van der Waals surface area contributed by atoms with Crippen molar-refractivity contribution in [2.75, 3.05) is 25.7 Å². The van der Waals surface area contributed by atoms with Crippen LogP contribution in [0.3, 0.4) is 0 Å². The van der Waals surface area contributed by atoms with Crippen LogP contribution in [0, 0.1) is 0 Å². The predicted octanol–water partition coefficient (Wildman–Crippen LogP) is 1.66. The van der Waals surface area contributed by atoms with Crippen LogP contribution in [0.5, 0.6) is 11.5 Å². The number of primary amides is 1. The number of rotatable bonds is 10. The maximum absolute atomic E-state index is 13.7. The number of aromatic nitrogens is 1. The zero-order chi connectivity index (χ0) is 24.9. The second kappa shape index (κ2) is 10.9. The molecule has 11 nitrogen and oxygen atoms in total. The van der Waals surface area contributed by atoms with Gasteiger partial charge in [-0.05, 0) is 48.5 Å². The van der Waals surface area contributed by atoms with Gasteiger partial charge in [-0.3, -0.25) is 14.4 Å². The van der Waals surface area contributed by atoms with Crippen molar-refractivity contribution in [3.63, 3.8) is 0 Å². The van der Waals surface area contributed by atoms with Gasteiger partial charge in [0, 0.05) is 19.7 Å². The van der Waals surface area contributed by atoms with Gasteiger partial charge in [-0.2, -0.15) is 4.37 Å². The predicted molar refractivity (Wildman–Crippen MR) is 128 cm³/mol. The molecular weight excluding hydrogens is 474 g/mol. The van der Waals surface area contributed by atoms with Crippen LogP contribution in [0.4, 0.5) is 5.69 Å². The molecule has 12 heteroatoms. The Morgan fingerprint density at radius 1 is 1.29 bits per heavy atom. The smallest absolute Gasteiger partial charge is 0.270 e. The third-order valence-electron chi connectivity index (χ3n) is 5.98. The Balaban J connectivity index is 1.63. The molecule has 1 aromatic carbocycles. The standard InChI is InChI=1S/C23H29N5O6S/c1-2-4-15(22(30)26-10-14-5-3-8-32-14)28(11-13-6-7-16-17(9-13)34-12-33-16)23(31)20-18(24)19(21(25)29)27-35-20/h6-7,9,14-15H,2-5,8,10-12,24H2,1H3,(H2,25,29)(H,26,30)/t14-,15-/m1/s1. The van der Waals surface area contributed by atoms with E-state index >= 15 is 0 Å². The summed E-state index contributed by atoms with van der Waals surface area (Å²) in [5.74, 6) is -0.424. The van der Waals surface area contributed by atoms with Crippen LogP contribution >= 0.6 is 11.5 Å². The molecule has 3 amide bonds. The molecule has 0 radical (unpaired) electrons. The van der Waals surface area contributed by atoms with Crippen LogP contribution in [-0.2, 0) is 16.1 Å². The van der Waals surface area contributed by atoms with Gasteiger partial charge >= 0.3 is 0 Å². The highest BCUT2D eigenvalue weighted by atomic mass is 32.1. The van der Waals surface area contributed by atoms with Crippen LogP contribution in [0.25, 0.3) is 0 Å². The van der Waals surface area contributed by atoms with Crippen molar-refractivity contribution in [1.82, 2.24) is 14.6 Å². The summed E-state index contributed by atoms with van der Waals surface area (Å²) in [5.41, 5.74) is 11.9. The van der Waals surface area contributed by atoms with E-state index in [9.17, 15) is 14.4 Å². The Hall–Kier alpha value is -3.38. The minimum atomic E-state index is -0.820. The molecule has 1 saturated heterocycles. The Labute approximate surface area is 206 Å². The zero-order valence-electron chi connectivity index (χ0n) is 19.5. The fourth-order valence-electron chi connectivity index (χ4n) is 4.16. The molecule has 4 rings (SSSR count). The normalized spacial score (nSPS) is 17.2. The number of carbonyl (C=O) groups excluding carboxylic acids is 3. The van der Waals surface area contributed by atoms with E-state index in [-0.39, 0.29) is 41.6 Å². The Morgan fingerprint density at radius 2 is 2.09 bits per heavy atom. The lowest BCUT2D eigenvalue weighted by atomic mass is 10.1. The third-order valence-corrected chi connectivity index (χ3v) is 6.83. The molecule has 1 fully saturated rings. The van der Waals surface area contributed by atoms with Gasteiger partial charge in [-0.25, -0.2) is 0 Å². The second-order valence-electron chi connectivity index (χ2n) is 8.44. The maximum atomic E-state index is 13.7. The average molecular weight is 504 g/mol. The number of hydrogen-bond acceptors (Lipinski definition) is 9. The molecular formula is C23H29N5O6S. The summed E-state index contributed by atoms with van der Waals surface area (Å²) >= 11 is 0.789. The molecule has 5 N–H and O–H groups in total. The number of ether oxygens (including phenoxy) is 3. The molecule has 188 valence electrons. The summed E-state index contributed by atoms with van der Waals surface area (Å²) in [7, 11) is 0. The van der Waals surface area contributed by atoms with Crippen molar-refractivity contribution >= 4 is 34.9 Å². The summed E-state index contributed by atoms with van der Waals surface area (Å²) in [6.07, 6.45) is 2.89. The van der Waals surface area contributed by atoms with Crippen LogP contribution in [0.2, 0.25) is 0 Å². The molecule has 1 aromatic heterocycles. The van der Waals surface area contributed by atoms with Gasteiger partial charge in [0.15, 0.2) is 17.2 Å². The number of amides is 3. The van der Waals surface area contributed by atoms with Gasteiger partial charge in [0.25, 0.3) is 11.8 Å². The van der Waals surface area contributed by atoms with Crippen molar-refractivity contribution in [2.45, 2.75) is 51.3 Å². The lowest BCUT2D eigenvalue weighted by Gasteiger charge is -2.31. The van der Waals surface area contributed by atoms with Crippen molar-refractivity contribution in [1.29, 1.82) is 0 Å². The van der Waals surface area contributed by atoms with E-state index < -0.39 is 17.9 Å². The highest BCUT2D eigenvalue weighted by molar-refractivity contribution is 7.09. The molecule has 0 saturated carbocycles. The largest absolute Gasteiger partial charge is 0.454 e. The van der Waals surface area contributed by atoms with Gasteiger partial charge in [-0.1, -0.05) is 19.4 Å². The van der Waals surface area contributed by atoms with Gasteiger partial charge in [-0.15, -0.1) is 0 Å². The summed E-state index contributed by atoms with van der Waals surface area (Å²) in [6, 6.07) is 4.57. The van der Waals surface area contributed by atoms with Crippen LogP contribution in [-0.4, -0.2) is 59.1 Å². The average Bonchev–Trinajstić information content (AvgIpc) is 3.60. The highest BCUT2D eigenvalue weighted by Gasteiger charge is 2.34. The third kappa shape index (κ3) is 5.49. The number of benzene rings is 1. The number of nitrogen functional groups attached to an aromatic ring is 1. The SMILES string of the molecule is CCC[C@H](C(=O)NC[C@H]1CCCO1)N(Cc1ccc2c(c1)OCO2)C(=O)c1snc(C(N)=O)c1N. The number of nitrogens with zero attached hydrogens (tertiary/aromatic N) is 2. The van der Waals surface area contributed by atoms with E-state index in [2.05, 4.69) is 9.69 Å². The number of anilines is 1. The Bertz CT molecular complexity index is 1100. The highest BCUT2D eigenvalue weighted by Crippen LogP contribution is 2.34. The molecule has 35 heavy (non-hydrogen) atoms. The van der Waals surface area contributed by atoms with E-state index in [1.807, 2.05) is 13.0 Å². The fourth-order valence-corrected chi connectivity index (χ4v) is 4.92. The molecule has 0 spiro atoms. The molecule has 0 aliphatic carbocycles. The molecule has 2 aliphatic rings. The number of nitrogens with one attached hydrogen (secondary N) is 1. The number of fused-ring (bicyclic) bond motifs is 1. The van der Waals surface area contributed by atoms with Crippen molar-refractivity contribution in [3.8, 4) is 11.5 Å². The minimum Gasteiger partial charge on any atom is -0.454 e. The lowest BCUT2D eigenvalue weighted by Crippen LogP contribution is -2.50. The van der Waals surface area contributed by atoms with Crippen molar-refractivity contribution in [2.24, 2.45) is 5.73 Å². The molecule has 2 aromatic rings. The molecule has 0 bridgehead atoms. The zero-order valence-corrected chi connectivity index (χ0v) is 20.3. The monoisotopic (exact) mass is 503 g/mol. The summed E-state index contributed by atoms with van der Waals surface area (Å²) in [5, 5.41) is 2.94. The first-order valence-corrected chi connectivity index (χ1v) is 12.3. The van der Waals surface area contributed by atoms with Crippen molar-refractivity contribution < 1.29 is 28.6 Å². The first kappa shape index (κ1) is 24.7. The van der Waals surface area contributed by atoms with Gasteiger partial charge in [0.1, 0.15) is 10.9 Å². The first-order chi connectivity index (χ1) is 16.9. The van der Waals surface area contributed by atoms with Crippen LogP contribution in [0.1, 0.15) is 58.3 Å². The van der Waals surface area contributed by atoms with Crippen molar-refractivity contribution in [3.05, 3.63) is 34.3 Å². The van der Waals surface area contributed by atoms with Crippen LogP contribution < -0.4 is 26.3 Å². The number of hydrogen-bond donors (Lipinski definition) is 3. The second-order valence-corrected chi connectivity index (χ2v) is 9.22. The Morgan fingerprint density at radius 3 is 2.77 bits per heavy atom. The summed E-state index contributed by atoms with van der Waals surface area (Å²) < 4.78 is 20.4. The Kier molecular flexibility index (Phi) is 7.71. The topological polar surface area (TPSA) is 159 Å². The van der Waals surface area contributed by atoms with E-state index in [0.29, 0.717) is 37.5 Å². The van der Waals surface area contributed by atoms with E-state index in [1.54, 1.807) is 12.1 Å². The lowest BCUT2D eigenvalue weighted by molar-refractivity contribution is -0.126. The minimum absolute atomic E-state index is 0.0329. The molecule has 3 heterocycles. The molecule has 0 unspecified atom stereocenters. The van der Waals surface area contributed by atoms with E-state index in [4.69, 9.17) is 25.7 Å².